The van der Waals surface area contributed by atoms with Crippen LogP contribution in [0.2, 0.25) is 0 Å². The number of esters is 1. The van der Waals surface area contributed by atoms with Crippen LogP contribution in [0.25, 0.3) is 0 Å². The Morgan fingerprint density at radius 2 is 1.75 bits per heavy atom. The van der Waals surface area contributed by atoms with Crippen LogP contribution in [0.1, 0.15) is 33.6 Å². The molecule has 3 aliphatic rings. The van der Waals surface area contributed by atoms with Crippen molar-refractivity contribution in [3.63, 3.8) is 0 Å². The predicted molar refractivity (Wildman–Crippen MR) is 78.9 cm³/mol. The predicted octanol–water partition coefficient (Wildman–Crippen LogP) is 1.72. The quantitative estimate of drug-likeness (QED) is 0.772. The van der Waals surface area contributed by atoms with Gasteiger partial charge in [0.1, 0.15) is 11.0 Å². The minimum Gasteiger partial charge on any atom is -0.460 e. The van der Waals surface area contributed by atoms with Crippen molar-refractivity contribution >= 4 is 11.9 Å². The Kier molecular flexibility index (Phi) is 3.72. The molecule has 2 aliphatic heterocycles. The molecule has 1 aliphatic carbocycles. The monoisotopic (exact) mass is 348 g/mol. The van der Waals surface area contributed by atoms with Crippen LogP contribution in [-0.4, -0.2) is 54.7 Å². The van der Waals surface area contributed by atoms with Gasteiger partial charge in [-0.3, -0.25) is 9.59 Å². The molecule has 0 bridgehead atoms. The third-order valence-corrected chi connectivity index (χ3v) is 5.26. The normalized spacial score (nSPS) is 27.8. The van der Waals surface area contributed by atoms with Crippen LogP contribution in [0, 0.1) is 16.7 Å². The maximum Gasteiger partial charge on any atom is 0.403 e. The molecular formula is C16H23F3N2O3. The van der Waals surface area contributed by atoms with Crippen LogP contribution in [0.3, 0.4) is 0 Å². The van der Waals surface area contributed by atoms with Gasteiger partial charge in [-0.25, -0.2) is 0 Å². The summed E-state index contributed by atoms with van der Waals surface area (Å²) >= 11 is 0. The summed E-state index contributed by atoms with van der Waals surface area (Å²) in [6.45, 7) is 6.63. The van der Waals surface area contributed by atoms with Gasteiger partial charge in [-0.1, -0.05) is 0 Å². The molecule has 1 amide bonds. The number of rotatable bonds is 2. The number of hydrogen-bond donors (Lipinski definition) is 1. The van der Waals surface area contributed by atoms with Gasteiger partial charge in [0.15, 0.2) is 0 Å². The number of halogens is 3. The van der Waals surface area contributed by atoms with Crippen molar-refractivity contribution in [1.82, 2.24) is 10.2 Å². The van der Waals surface area contributed by atoms with E-state index in [2.05, 4.69) is 5.32 Å². The topological polar surface area (TPSA) is 58.6 Å². The second-order valence-electron chi connectivity index (χ2n) is 8.32. The number of carbonyl (C=O) groups excluding carboxylic acids is 2. The number of amides is 1. The molecule has 1 spiro atoms. The second-order valence-corrected chi connectivity index (χ2v) is 8.32. The van der Waals surface area contributed by atoms with Gasteiger partial charge >= 0.3 is 12.1 Å². The number of nitrogens with one attached hydrogen (secondary N) is 1. The first-order chi connectivity index (χ1) is 10.9. The minimum atomic E-state index is -4.49. The lowest BCUT2D eigenvalue weighted by Gasteiger charge is -2.51. The number of hydrogen-bond acceptors (Lipinski definition) is 4. The molecule has 136 valence electrons. The smallest absolute Gasteiger partial charge is 0.403 e. The van der Waals surface area contributed by atoms with Gasteiger partial charge in [0, 0.05) is 31.6 Å². The first kappa shape index (κ1) is 17.5. The van der Waals surface area contributed by atoms with Gasteiger partial charge in [0.2, 0.25) is 5.91 Å². The fourth-order valence-electron chi connectivity index (χ4n) is 3.75. The van der Waals surface area contributed by atoms with Crippen molar-refractivity contribution in [3.8, 4) is 0 Å². The number of alkyl halides is 3. The van der Waals surface area contributed by atoms with E-state index in [1.807, 2.05) is 0 Å². The molecule has 5 nitrogen and oxygen atoms in total. The van der Waals surface area contributed by atoms with Crippen molar-refractivity contribution in [2.24, 2.45) is 16.7 Å². The van der Waals surface area contributed by atoms with E-state index in [1.165, 1.54) is 4.90 Å². The fourth-order valence-corrected chi connectivity index (χ4v) is 3.75. The molecule has 0 radical (unpaired) electrons. The number of ether oxygens (including phenoxy) is 1. The largest absolute Gasteiger partial charge is 0.460 e. The Morgan fingerprint density at radius 3 is 2.21 bits per heavy atom. The first-order valence-corrected chi connectivity index (χ1v) is 8.20. The highest BCUT2D eigenvalue weighted by atomic mass is 19.4. The van der Waals surface area contributed by atoms with Crippen LogP contribution in [-0.2, 0) is 14.3 Å². The molecule has 2 heterocycles. The lowest BCUT2D eigenvalue weighted by molar-refractivity contribution is -0.206. The molecule has 1 N–H and O–H groups in total. The molecule has 1 atom stereocenters. The van der Waals surface area contributed by atoms with Crippen molar-refractivity contribution in [2.45, 2.75) is 45.4 Å². The molecule has 24 heavy (non-hydrogen) atoms. The molecule has 0 unspecified atom stereocenters. The summed E-state index contributed by atoms with van der Waals surface area (Å²) < 4.78 is 44.7. The van der Waals surface area contributed by atoms with E-state index in [9.17, 15) is 22.8 Å². The van der Waals surface area contributed by atoms with Gasteiger partial charge in [-0.05, 0) is 33.6 Å². The average molecular weight is 348 g/mol. The van der Waals surface area contributed by atoms with Crippen molar-refractivity contribution < 1.29 is 27.5 Å². The zero-order valence-corrected chi connectivity index (χ0v) is 14.1. The second kappa shape index (κ2) is 5.09. The maximum atomic E-state index is 13.1. The molecule has 0 aromatic heterocycles. The van der Waals surface area contributed by atoms with E-state index in [-0.39, 0.29) is 31.9 Å². The fraction of sp³-hybridized carbons (Fsp3) is 0.875. The van der Waals surface area contributed by atoms with Gasteiger partial charge in [0.25, 0.3) is 0 Å². The molecule has 2 saturated heterocycles. The molecule has 3 rings (SSSR count). The highest BCUT2D eigenvalue weighted by Crippen LogP contribution is 2.60. The minimum absolute atomic E-state index is 0.132. The van der Waals surface area contributed by atoms with E-state index in [4.69, 9.17) is 4.74 Å². The number of carbonyl (C=O) groups is 2. The van der Waals surface area contributed by atoms with E-state index >= 15 is 0 Å². The van der Waals surface area contributed by atoms with Crippen molar-refractivity contribution in [2.75, 3.05) is 26.2 Å². The van der Waals surface area contributed by atoms with Crippen LogP contribution in [0.4, 0.5) is 13.2 Å². The lowest BCUT2D eigenvalue weighted by Crippen LogP contribution is -2.65. The van der Waals surface area contributed by atoms with Crippen LogP contribution in [0.5, 0.6) is 0 Å². The molecule has 0 aromatic rings. The van der Waals surface area contributed by atoms with Crippen LogP contribution >= 0.6 is 0 Å². The zero-order valence-electron chi connectivity index (χ0n) is 14.1. The van der Waals surface area contributed by atoms with E-state index in [0.717, 1.165) is 0 Å². The third kappa shape index (κ3) is 2.68. The Balaban J connectivity index is 1.66. The SMILES string of the molecule is CC(C)(C)OC(=O)[C@@H]1CNCC12CN(C(=O)C1(C(F)(F)F)CC1)C2. The Labute approximate surface area is 138 Å². The van der Waals surface area contributed by atoms with E-state index < -0.39 is 34.4 Å². The standard InChI is InChI=1S/C16H23F3N2O3/c1-13(2,3)24-11(22)10-6-20-7-14(10)8-21(9-14)12(23)15(4-5-15)16(17,18)19/h10,20H,4-9H2,1-3H3/t10-/m0/s1. The van der Waals surface area contributed by atoms with Crippen molar-refractivity contribution in [1.29, 1.82) is 0 Å². The molecule has 0 aromatic carbocycles. The van der Waals surface area contributed by atoms with Crippen LogP contribution in [0.15, 0.2) is 0 Å². The summed E-state index contributed by atoms with van der Waals surface area (Å²) in [6.07, 6.45) is -4.76. The van der Waals surface area contributed by atoms with E-state index in [0.29, 0.717) is 13.1 Å². The van der Waals surface area contributed by atoms with Crippen molar-refractivity contribution in [3.05, 3.63) is 0 Å². The van der Waals surface area contributed by atoms with Gasteiger partial charge in [0.05, 0.1) is 5.92 Å². The molecule has 1 saturated carbocycles. The third-order valence-electron chi connectivity index (χ3n) is 5.26. The lowest BCUT2D eigenvalue weighted by atomic mass is 9.71. The summed E-state index contributed by atoms with van der Waals surface area (Å²) in [5, 5.41) is 3.11. The first-order valence-electron chi connectivity index (χ1n) is 8.20. The highest BCUT2D eigenvalue weighted by molar-refractivity contribution is 5.87. The Morgan fingerprint density at radius 1 is 1.17 bits per heavy atom. The van der Waals surface area contributed by atoms with Gasteiger partial charge < -0.3 is 15.0 Å². The zero-order chi connectivity index (χ0) is 18.0. The van der Waals surface area contributed by atoms with E-state index in [1.54, 1.807) is 20.8 Å². The molecular weight excluding hydrogens is 325 g/mol. The highest BCUT2D eigenvalue weighted by Gasteiger charge is 2.71. The summed E-state index contributed by atoms with van der Waals surface area (Å²) in [6, 6.07) is 0. The summed E-state index contributed by atoms with van der Waals surface area (Å²) in [7, 11) is 0. The van der Waals surface area contributed by atoms with Crippen LogP contribution < -0.4 is 5.32 Å². The average Bonchev–Trinajstić information content (AvgIpc) is 3.06. The Bertz CT molecular complexity index is 558. The van der Waals surface area contributed by atoms with Gasteiger partial charge in [-0.15, -0.1) is 0 Å². The molecule has 8 heteroatoms. The Hall–Kier alpha value is -1.31. The van der Waals surface area contributed by atoms with Gasteiger partial charge in [-0.2, -0.15) is 13.2 Å². The molecule has 3 fully saturated rings. The number of nitrogens with zero attached hydrogens (tertiary/aromatic N) is 1. The number of likely N-dealkylation sites (tertiary alicyclic amines) is 1. The summed E-state index contributed by atoms with van der Waals surface area (Å²) in [4.78, 5) is 25.9. The summed E-state index contributed by atoms with van der Waals surface area (Å²) in [5.74, 6) is -1.62. The summed E-state index contributed by atoms with van der Waals surface area (Å²) in [5.41, 5.74) is -3.30. The maximum absolute atomic E-state index is 13.1.